The van der Waals surface area contributed by atoms with Crippen LogP contribution in [-0.4, -0.2) is 59.9 Å². The Balaban J connectivity index is 1.48. The molecule has 110 valence electrons. The van der Waals surface area contributed by atoms with Crippen molar-refractivity contribution in [2.24, 2.45) is 5.73 Å². The molecule has 3 N–H and O–H groups in total. The lowest BCUT2D eigenvalue weighted by atomic mass is 10.2. The maximum absolute atomic E-state index is 11.9. The SMILES string of the molecule is NCC1CN(CC(=O)Nc2nnc(C3CC3)o2)CCO1. The summed E-state index contributed by atoms with van der Waals surface area (Å²) in [6.07, 6.45) is 2.18. The Hall–Kier alpha value is -1.51. The molecule has 0 aromatic carbocycles. The molecule has 1 saturated heterocycles. The van der Waals surface area contributed by atoms with E-state index in [2.05, 4.69) is 15.5 Å². The summed E-state index contributed by atoms with van der Waals surface area (Å²) in [6, 6.07) is 0.181. The van der Waals surface area contributed by atoms with E-state index in [1.54, 1.807) is 0 Å². The maximum atomic E-state index is 11.9. The predicted octanol–water partition coefficient (Wildman–Crippen LogP) is -0.455. The van der Waals surface area contributed by atoms with E-state index in [0.717, 1.165) is 19.4 Å². The molecule has 20 heavy (non-hydrogen) atoms. The Kier molecular flexibility index (Phi) is 3.95. The molecule has 1 aliphatic carbocycles. The number of carbonyl (C=O) groups is 1. The number of rotatable bonds is 5. The molecule has 1 saturated carbocycles. The van der Waals surface area contributed by atoms with Crippen molar-refractivity contribution in [1.82, 2.24) is 15.1 Å². The molecule has 1 unspecified atom stereocenters. The van der Waals surface area contributed by atoms with Crippen LogP contribution >= 0.6 is 0 Å². The number of nitrogens with two attached hydrogens (primary N) is 1. The number of hydrogen-bond donors (Lipinski definition) is 2. The van der Waals surface area contributed by atoms with Crippen LogP contribution in [0, 0.1) is 0 Å². The second-order valence-corrected chi connectivity index (χ2v) is 5.23. The fourth-order valence-electron chi connectivity index (χ4n) is 2.21. The molecule has 2 heterocycles. The number of ether oxygens (including phenoxy) is 1. The Morgan fingerprint density at radius 2 is 2.30 bits per heavy atom. The molecule has 1 aromatic heterocycles. The van der Waals surface area contributed by atoms with E-state index in [1.807, 2.05) is 4.90 Å². The summed E-state index contributed by atoms with van der Waals surface area (Å²) < 4.78 is 10.8. The number of aromatic nitrogens is 2. The third kappa shape index (κ3) is 3.33. The van der Waals surface area contributed by atoms with Gasteiger partial charge in [-0.05, 0) is 12.8 Å². The number of anilines is 1. The lowest BCUT2D eigenvalue weighted by Gasteiger charge is -2.31. The lowest BCUT2D eigenvalue weighted by Crippen LogP contribution is -2.48. The van der Waals surface area contributed by atoms with Crippen LogP contribution in [0.15, 0.2) is 4.42 Å². The van der Waals surface area contributed by atoms with Gasteiger partial charge in [0.1, 0.15) is 0 Å². The van der Waals surface area contributed by atoms with Gasteiger partial charge in [0.2, 0.25) is 11.8 Å². The fourth-order valence-corrected chi connectivity index (χ4v) is 2.21. The van der Waals surface area contributed by atoms with Crippen molar-refractivity contribution in [3.8, 4) is 0 Å². The first-order valence-corrected chi connectivity index (χ1v) is 6.92. The minimum Gasteiger partial charge on any atom is -0.408 e. The standard InChI is InChI=1S/C12H19N5O3/c13-5-9-6-17(3-4-19-9)7-10(18)14-12-16-15-11(20-12)8-1-2-8/h8-9H,1-7,13H2,(H,14,16,18). The van der Waals surface area contributed by atoms with Crippen molar-refractivity contribution in [1.29, 1.82) is 0 Å². The molecule has 0 bridgehead atoms. The molecule has 1 aliphatic heterocycles. The summed E-state index contributed by atoms with van der Waals surface area (Å²) in [4.78, 5) is 13.9. The number of nitrogens with one attached hydrogen (secondary N) is 1. The second kappa shape index (κ2) is 5.86. The van der Waals surface area contributed by atoms with Crippen LogP contribution in [0.1, 0.15) is 24.7 Å². The monoisotopic (exact) mass is 281 g/mol. The molecule has 8 nitrogen and oxygen atoms in total. The van der Waals surface area contributed by atoms with E-state index in [-0.39, 0.29) is 24.6 Å². The summed E-state index contributed by atoms with van der Waals surface area (Å²) in [5, 5.41) is 10.4. The number of nitrogens with zero attached hydrogens (tertiary/aromatic N) is 3. The van der Waals surface area contributed by atoms with Gasteiger partial charge >= 0.3 is 6.01 Å². The Morgan fingerprint density at radius 1 is 1.45 bits per heavy atom. The van der Waals surface area contributed by atoms with Crippen molar-refractivity contribution in [3.05, 3.63) is 5.89 Å². The first-order chi connectivity index (χ1) is 9.74. The van der Waals surface area contributed by atoms with E-state index in [4.69, 9.17) is 14.9 Å². The second-order valence-electron chi connectivity index (χ2n) is 5.23. The molecule has 8 heteroatoms. The molecule has 0 spiro atoms. The van der Waals surface area contributed by atoms with E-state index in [1.165, 1.54) is 0 Å². The average molecular weight is 281 g/mol. The van der Waals surface area contributed by atoms with E-state index in [0.29, 0.717) is 31.5 Å². The van der Waals surface area contributed by atoms with Gasteiger partial charge in [0.15, 0.2) is 0 Å². The van der Waals surface area contributed by atoms with Gasteiger partial charge in [-0.15, -0.1) is 5.10 Å². The first-order valence-electron chi connectivity index (χ1n) is 6.92. The molecule has 2 aliphatic rings. The minimum absolute atomic E-state index is 0.00132. The molecule has 3 rings (SSSR count). The van der Waals surface area contributed by atoms with Crippen molar-refractivity contribution in [3.63, 3.8) is 0 Å². The summed E-state index contributed by atoms with van der Waals surface area (Å²) >= 11 is 0. The summed E-state index contributed by atoms with van der Waals surface area (Å²) in [6.45, 7) is 2.73. The highest BCUT2D eigenvalue weighted by Gasteiger charge is 2.29. The van der Waals surface area contributed by atoms with Gasteiger partial charge < -0.3 is 14.9 Å². The summed E-state index contributed by atoms with van der Waals surface area (Å²) in [5.74, 6) is 0.848. The van der Waals surface area contributed by atoms with Crippen LogP contribution in [0.5, 0.6) is 0 Å². The van der Waals surface area contributed by atoms with E-state index < -0.39 is 0 Å². The molecule has 0 radical (unpaired) electrons. The van der Waals surface area contributed by atoms with Gasteiger partial charge in [-0.1, -0.05) is 5.10 Å². The highest BCUT2D eigenvalue weighted by Crippen LogP contribution is 2.39. The zero-order chi connectivity index (χ0) is 13.9. The quantitative estimate of drug-likeness (QED) is 0.752. The zero-order valence-corrected chi connectivity index (χ0v) is 11.2. The molecular formula is C12H19N5O3. The number of morpholine rings is 1. The predicted molar refractivity (Wildman–Crippen MR) is 70.1 cm³/mol. The van der Waals surface area contributed by atoms with Crippen LogP contribution in [0.3, 0.4) is 0 Å². The molecule has 2 fully saturated rings. The van der Waals surface area contributed by atoms with Crippen LogP contribution < -0.4 is 11.1 Å². The number of carbonyl (C=O) groups excluding carboxylic acids is 1. The van der Waals surface area contributed by atoms with Crippen molar-refractivity contribution >= 4 is 11.9 Å². The van der Waals surface area contributed by atoms with Gasteiger partial charge in [0, 0.05) is 25.6 Å². The smallest absolute Gasteiger partial charge is 0.322 e. The van der Waals surface area contributed by atoms with Gasteiger partial charge in [-0.25, -0.2) is 0 Å². The summed E-state index contributed by atoms with van der Waals surface area (Å²) in [7, 11) is 0. The average Bonchev–Trinajstić information content (AvgIpc) is 3.20. The third-order valence-corrected chi connectivity index (χ3v) is 3.47. The minimum atomic E-state index is -0.159. The van der Waals surface area contributed by atoms with Crippen molar-refractivity contribution in [2.75, 3.05) is 38.1 Å². The van der Waals surface area contributed by atoms with Crippen LogP contribution in [0.2, 0.25) is 0 Å². The molecule has 1 atom stereocenters. The van der Waals surface area contributed by atoms with Crippen LogP contribution in [0.4, 0.5) is 6.01 Å². The van der Waals surface area contributed by atoms with E-state index in [9.17, 15) is 4.79 Å². The van der Waals surface area contributed by atoms with Gasteiger partial charge in [-0.2, -0.15) is 0 Å². The Bertz CT molecular complexity index is 473. The third-order valence-electron chi connectivity index (χ3n) is 3.47. The fraction of sp³-hybridized carbons (Fsp3) is 0.750. The van der Waals surface area contributed by atoms with Gasteiger partial charge in [0.25, 0.3) is 0 Å². The largest absolute Gasteiger partial charge is 0.408 e. The highest BCUT2D eigenvalue weighted by molar-refractivity contribution is 5.90. The Morgan fingerprint density at radius 3 is 3.05 bits per heavy atom. The first kappa shape index (κ1) is 13.5. The topological polar surface area (TPSA) is 107 Å². The number of amides is 1. The lowest BCUT2D eigenvalue weighted by molar-refractivity contribution is -0.119. The zero-order valence-electron chi connectivity index (χ0n) is 11.2. The molecule has 1 aromatic rings. The van der Waals surface area contributed by atoms with Crippen LogP contribution in [-0.2, 0) is 9.53 Å². The number of hydrogen-bond acceptors (Lipinski definition) is 7. The van der Waals surface area contributed by atoms with E-state index >= 15 is 0 Å². The molecular weight excluding hydrogens is 262 g/mol. The van der Waals surface area contributed by atoms with Crippen LogP contribution in [0.25, 0.3) is 0 Å². The normalized spacial score (nSPS) is 23.8. The maximum Gasteiger partial charge on any atom is 0.322 e. The van der Waals surface area contributed by atoms with Gasteiger partial charge in [-0.3, -0.25) is 15.0 Å². The Labute approximate surface area is 116 Å². The molecule has 1 amide bonds. The van der Waals surface area contributed by atoms with Crippen molar-refractivity contribution in [2.45, 2.75) is 24.9 Å². The van der Waals surface area contributed by atoms with Gasteiger partial charge in [0.05, 0.1) is 19.3 Å². The summed E-state index contributed by atoms with van der Waals surface area (Å²) in [5.41, 5.74) is 5.57. The highest BCUT2D eigenvalue weighted by atomic mass is 16.5. The van der Waals surface area contributed by atoms with Crippen molar-refractivity contribution < 1.29 is 13.9 Å².